The van der Waals surface area contributed by atoms with Gasteiger partial charge in [0.15, 0.2) is 23.4 Å². The number of aromatic hydroxyl groups is 4. The van der Waals surface area contributed by atoms with Gasteiger partial charge in [-0.3, -0.25) is 4.79 Å². The third kappa shape index (κ3) is 3.36. The molecule has 1 aromatic heterocycles. The summed E-state index contributed by atoms with van der Waals surface area (Å²) in [5, 5.41) is 90.3. The van der Waals surface area contributed by atoms with Crippen molar-refractivity contribution in [2.75, 3.05) is 6.61 Å². The van der Waals surface area contributed by atoms with Crippen molar-refractivity contribution in [2.24, 2.45) is 0 Å². The molecule has 0 spiro atoms. The van der Waals surface area contributed by atoms with Crippen molar-refractivity contribution in [3.05, 3.63) is 46.1 Å². The molecule has 12 heteroatoms. The van der Waals surface area contributed by atoms with Crippen LogP contribution in [0.15, 0.2) is 39.5 Å². The Morgan fingerprint density at radius 2 is 1.58 bits per heavy atom. The van der Waals surface area contributed by atoms with Crippen LogP contribution in [-0.2, 0) is 10.3 Å². The first-order valence-corrected chi connectivity index (χ1v) is 9.58. The number of aliphatic hydroxyl groups is 5. The normalized spacial score (nSPS) is 27.7. The number of fused-ring (bicyclic) bond motifs is 1. The highest BCUT2D eigenvalue weighted by atomic mass is 16.7. The highest BCUT2D eigenvalue weighted by Crippen LogP contribution is 2.44. The Balaban J connectivity index is 2.15. The van der Waals surface area contributed by atoms with Gasteiger partial charge in [0.1, 0.15) is 46.5 Å². The number of hydrogen-bond donors (Lipinski definition) is 9. The molecule has 4 rings (SSSR count). The SMILES string of the molecule is O=c1c([C@]2(CO)OC(O)[C@H](O)[C@@H](O)[C@@H]2O)c(-c2ccc(O)c(O)c2)oc2cc(O)cc(O)c12. The van der Waals surface area contributed by atoms with Crippen LogP contribution in [0.25, 0.3) is 22.3 Å². The Bertz CT molecular complexity index is 1280. The Kier molecular flexibility index (Phi) is 5.44. The summed E-state index contributed by atoms with van der Waals surface area (Å²) in [4.78, 5) is 13.6. The van der Waals surface area contributed by atoms with Gasteiger partial charge in [-0.2, -0.15) is 0 Å². The van der Waals surface area contributed by atoms with E-state index in [0.717, 1.165) is 24.3 Å². The number of benzene rings is 2. The maximum atomic E-state index is 13.6. The zero-order valence-corrected chi connectivity index (χ0v) is 16.7. The quantitative estimate of drug-likeness (QED) is 0.211. The monoisotopic (exact) mass is 464 g/mol. The molecule has 1 unspecified atom stereocenters. The zero-order chi connectivity index (χ0) is 24.2. The smallest absolute Gasteiger partial charge is 0.203 e. The van der Waals surface area contributed by atoms with E-state index in [4.69, 9.17) is 9.15 Å². The molecule has 0 amide bonds. The number of aliphatic hydroxyl groups excluding tert-OH is 5. The molecule has 9 N–H and O–H groups in total. The maximum Gasteiger partial charge on any atom is 0.203 e. The molecule has 0 bridgehead atoms. The fourth-order valence-corrected chi connectivity index (χ4v) is 3.94. The van der Waals surface area contributed by atoms with E-state index in [-0.39, 0.29) is 11.1 Å². The topological polar surface area (TPSA) is 222 Å². The minimum absolute atomic E-state index is 0.0825. The van der Waals surface area contributed by atoms with E-state index in [0.29, 0.717) is 0 Å². The van der Waals surface area contributed by atoms with Gasteiger partial charge < -0.3 is 55.1 Å². The van der Waals surface area contributed by atoms with Crippen molar-refractivity contribution in [1.29, 1.82) is 0 Å². The van der Waals surface area contributed by atoms with Crippen LogP contribution in [0.2, 0.25) is 0 Å². The lowest BCUT2D eigenvalue weighted by atomic mass is 9.79. The molecule has 1 fully saturated rings. The lowest BCUT2D eigenvalue weighted by Gasteiger charge is -2.46. The molecule has 0 aliphatic carbocycles. The summed E-state index contributed by atoms with van der Waals surface area (Å²) in [5.41, 5.74) is -4.74. The molecule has 1 saturated heterocycles. The first-order valence-electron chi connectivity index (χ1n) is 9.58. The fraction of sp³-hybridized carbons (Fsp3) is 0.286. The molecule has 5 atom stereocenters. The van der Waals surface area contributed by atoms with Crippen molar-refractivity contribution in [2.45, 2.75) is 30.2 Å². The van der Waals surface area contributed by atoms with Crippen molar-refractivity contribution < 1.29 is 55.1 Å². The van der Waals surface area contributed by atoms with Gasteiger partial charge in [0, 0.05) is 17.7 Å². The van der Waals surface area contributed by atoms with Crippen molar-refractivity contribution >= 4 is 11.0 Å². The van der Waals surface area contributed by atoms with Crippen LogP contribution in [-0.4, -0.2) is 77.2 Å². The summed E-state index contributed by atoms with van der Waals surface area (Å²) in [7, 11) is 0. The summed E-state index contributed by atoms with van der Waals surface area (Å²) < 4.78 is 11.0. The molecule has 3 aromatic rings. The summed E-state index contributed by atoms with van der Waals surface area (Å²) >= 11 is 0. The largest absolute Gasteiger partial charge is 0.508 e. The summed E-state index contributed by atoms with van der Waals surface area (Å²) in [6.07, 6.45) is -8.39. The second-order valence-electron chi connectivity index (χ2n) is 7.66. The zero-order valence-electron chi connectivity index (χ0n) is 16.7. The number of phenols is 4. The van der Waals surface area contributed by atoms with Gasteiger partial charge >= 0.3 is 0 Å². The molecule has 176 valence electrons. The van der Waals surface area contributed by atoms with Gasteiger partial charge in [-0.25, -0.2) is 0 Å². The molecular formula is C21H20O12. The number of ether oxygens (including phenoxy) is 1. The van der Waals surface area contributed by atoms with Crippen LogP contribution in [0.1, 0.15) is 5.56 Å². The molecule has 2 heterocycles. The Morgan fingerprint density at radius 1 is 0.879 bits per heavy atom. The fourth-order valence-electron chi connectivity index (χ4n) is 3.94. The summed E-state index contributed by atoms with van der Waals surface area (Å²) in [5.74, 6) is -2.79. The van der Waals surface area contributed by atoms with E-state index < -0.39 is 81.9 Å². The first kappa shape index (κ1) is 22.8. The standard InChI is InChI=1S/C21H20O12/c22-6-21(19(30)16(28)17(29)20(31)33-21)14-15(27)13-11(26)4-8(23)5-12(13)32-18(14)7-1-2-9(24)10(25)3-7/h1-5,16-17,19-20,22-26,28-31H,6H2/t16-,17-,19+,20?,21+/m1/s1. The molecule has 0 saturated carbocycles. The van der Waals surface area contributed by atoms with E-state index in [1.165, 1.54) is 6.07 Å². The van der Waals surface area contributed by atoms with Crippen molar-refractivity contribution in [3.63, 3.8) is 0 Å². The number of hydrogen-bond acceptors (Lipinski definition) is 12. The third-order valence-corrected chi connectivity index (χ3v) is 5.63. The van der Waals surface area contributed by atoms with E-state index in [1.807, 2.05) is 0 Å². The van der Waals surface area contributed by atoms with E-state index in [9.17, 15) is 50.8 Å². The average Bonchev–Trinajstić information content (AvgIpc) is 2.76. The maximum absolute atomic E-state index is 13.6. The van der Waals surface area contributed by atoms with Gasteiger partial charge in [-0.15, -0.1) is 0 Å². The highest BCUT2D eigenvalue weighted by Gasteiger charge is 2.56. The molecule has 1 aliphatic heterocycles. The van der Waals surface area contributed by atoms with Gasteiger partial charge in [0.05, 0.1) is 12.2 Å². The van der Waals surface area contributed by atoms with E-state index >= 15 is 0 Å². The van der Waals surface area contributed by atoms with Crippen LogP contribution in [0.5, 0.6) is 23.0 Å². The van der Waals surface area contributed by atoms with E-state index in [1.54, 1.807) is 0 Å². The predicted octanol–water partition coefficient (Wildman–Crippen LogP) is -1.10. The average molecular weight is 464 g/mol. The second kappa shape index (κ2) is 7.88. The number of rotatable bonds is 3. The van der Waals surface area contributed by atoms with Crippen molar-refractivity contribution in [1.82, 2.24) is 0 Å². The Morgan fingerprint density at radius 3 is 2.21 bits per heavy atom. The van der Waals surface area contributed by atoms with Gasteiger partial charge in [-0.1, -0.05) is 0 Å². The lowest BCUT2D eigenvalue weighted by Crippen LogP contribution is -2.65. The van der Waals surface area contributed by atoms with Crippen LogP contribution < -0.4 is 5.43 Å². The minimum Gasteiger partial charge on any atom is -0.508 e. The van der Waals surface area contributed by atoms with Crippen molar-refractivity contribution in [3.8, 4) is 34.3 Å². The second-order valence-corrected chi connectivity index (χ2v) is 7.66. The lowest BCUT2D eigenvalue weighted by molar-refractivity contribution is -0.332. The molecule has 33 heavy (non-hydrogen) atoms. The third-order valence-electron chi connectivity index (χ3n) is 5.63. The van der Waals surface area contributed by atoms with Crippen LogP contribution in [0.4, 0.5) is 0 Å². The summed E-state index contributed by atoms with van der Waals surface area (Å²) in [6.45, 7) is -1.21. The Hall–Kier alpha value is -3.39. The van der Waals surface area contributed by atoms with E-state index in [2.05, 4.69) is 0 Å². The highest BCUT2D eigenvalue weighted by molar-refractivity contribution is 5.87. The number of phenolic OH excluding ortho intramolecular Hbond substituents is 4. The van der Waals surface area contributed by atoms with Gasteiger partial charge in [0.2, 0.25) is 5.43 Å². The Labute approximate surface area is 184 Å². The molecule has 1 aliphatic rings. The molecular weight excluding hydrogens is 444 g/mol. The molecule has 12 nitrogen and oxygen atoms in total. The van der Waals surface area contributed by atoms with Gasteiger partial charge in [-0.05, 0) is 18.2 Å². The predicted molar refractivity (Wildman–Crippen MR) is 108 cm³/mol. The van der Waals surface area contributed by atoms with Crippen LogP contribution in [0.3, 0.4) is 0 Å². The first-order chi connectivity index (χ1) is 15.5. The van der Waals surface area contributed by atoms with Gasteiger partial charge in [0.25, 0.3) is 0 Å². The van der Waals surface area contributed by atoms with Crippen LogP contribution in [0, 0.1) is 0 Å². The van der Waals surface area contributed by atoms with Crippen LogP contribution >= 0.6 is 0 Å². The summed E-state index contributed by atoms with van der Waals surface area (Å²) in [6, 6.07) is 5.07. The minimum atomic E-state index is -2.57. The molecule has 2 aromatic carbocycles. The molecule has 0 radical (unpaired) electrons.